The minimum Gasteiger partial charge on any atom is -0.495 e. The van der Waals surface area contributed by atoms with E-state index in [1.165, 1.54) is 0 Å². The first-order chi connectivity index (χ1) is 11.9. The molecule has 1 fully saturated rings. The van der Waals surface area contributed by atoms with E-state index in [2.05, 4.69) is 22.1 Å². The summed E-state index contributed by atoms with van der Waals surface area (Å²) >= 11 is 0. The smallest absolute Gasteiger partial charge is 0.205 e. The Labute approximate surface area is 148 Å². The monoisotopic (exact) mass is 338 g/mol. The van der Waals surface area contributed by atoms with Gasteiger partial charge >= 0.3 is 0 Å². The van der Waals surface area contributed by atoms with Gasteiger partial charge in [-0.1, -0.05) is 24.0 Å². The molecular formula is C20H22N2O3. The topological polar surface area (TPSA) is 55.9 Å². The zero-order chi connectivity index (χ0) is 17.9. The number of methoxy groups -OCH3 is 1. The zero-order valence-electron chi connectivity index (χ0n) is 14.9. The second-order valence-corrected chi connectivity index (χ2v) is 6.68. The van der Waals surface area contributed by atoms with Crippen molar-refractivity contribution in [3.8, 4) is 17.6 Å². The SMILES string of the molecule is COc1ccccc1C#Cc1ccnc(NC2OC2OC(C)(C)C)c1. The molecule has 0 amide bonds. The molecular weight excluding hydrogens is 316 g/mol. The van der Waals surface area contributed by atoms with E-state index in [1.54, 1.807) is 13.3 Å². The fourth-order valence-corrected chi connectivity index (χ4v) is 2.26. The number of ether oxygens (including phenoxy) is 3. The van der Waals surface area contributed by atoms with Crippen LogP contribution in [0, 0.1) is 11.8 Å². The van der Waals surface area contributed by atoms with Crippen LogP contribution in [0.1, 0.15) is 31.9 Å². The predicted molar refractivity (Wildman–Crippen MR) is 96.3 cm³/mol. The molecule has 2 aromatic rings. The van der Waals surface area contributed by atoms with Crippen LogP contribution >= 0.6 is 0 Å². The molecule has 1 saturated heterocycles. The number of epoxide rings is 1. The Morgan fingerprint density at radius 2 is 1.96 bits per heavy atom. The van der Waals surface area contributed by atoms with Crippen LogP contribution in [-0.2, 0) is 9.47 Å². The Kier molecular flexibility index (Phi) is 4.93. The summed E-state index contributed by atoms with van der Waals surface area (Å²) in [6.07, 6.45) is 1.30. The maximum Gasteiger partial charge on any atom is 0.205 e. The third kappa shape index (κ3) is 4.96. The van der Waals surface area contributed by atoms with Crippen molar-refractivity contribution in [2.24, 2.45) is 0 Å². The maximum absolute atomic E-state index is 5.74. The molecule has 2 unspecified atom stereocenters. The number of aromatic nitrogens is 1. The molecule has 1 N–H and O–H groups in total. The van der Waals surface area contributed by atoms with E-state index in [0.717, 1.165) is 16.9 Å². The summed E-state index contributed by atoms with van der Waals surface area (Å²) in [7, 11) is 1.64. The third-order valence-corrected chi connectivity index (χ3v) is 3.42. The summed E-state index contributed by atoms with van der Waals surface area (Å²) < 4.78 is 16.5. The lowest BCUT2D eigenvalue weighted by Crippen LogP contribution is -2.23. The molecule has 130 valence electrons. The largest absolute Gasteiger partial charge is 0.495 e. The normalized spacial score (nSPS) is 18.9. The van der Waals surface area contributed by atoms with E-state index >= 15 is 0 Å². The lowest BCUT2D eigenvalue weighted by molar-refractivity contribution is -0.0569. The van der Waals surface area contributed by atoms with E-state index in [0.29, 0.717) is 5.82 Å². The van der Waals surface area contributed by atoms with E-state index in [4.69, 9.17) is 14.2 Å². The average molecular weight is 338 g/mol. The van der Waals surface area contributed by atoms with E-state index < -0.39 is 0 Å². The number of hydrogen-bond donors (Lipinski definition) is 1. The fourth-order valence-electron chi connectivity index (χ4n) is 2.26. The molecule has 1 aliphatic heterocycles. The standard InChI is InChI=1S/C20H22N2O3/c1-20(2,3)25-19-18(24-19)22-17-13-14(11-12-21-17)9-10-15-7-5-6-8-16(15)23-4/h5-8,11-13,18-19H,1-4H3,(H,21,22). The van der Waals surface area contributed by atoms with Gasteiger partial charge < -0.3 is 19.5 Å². The molecule has 0 spiro atoms. The van der Waals surface area contributed by atoms with Crippen molar-refractivity contribution < 1.29 is 14.2 Å². The zero-order valence-corrected chi connectivity index (χ0v) is 14.9. The van der Waals surface area contributed by atoms with Gasteiger partial charge in [0.05, 0.1) is 18.3 Å². The number of nitrogens with zero attached hydrogens (tertiary/aromatic N) is 1. The summed E-state index contributed by atoms with van der Waals surface area (Å²) in [6.45, 7) is 5.99. The van der Waals surface area contributed by atoms with E-state index in [1.807, 2.05) is 57.2 Å². The quantitative estimate of drug-likeness (QED) is 0.684. The van der Waals surface area contributed by atoms with Crippen LogP contribution in [0.15, 0.2) is 42.6 Å². The second-order valence-electron chi connectivity index (χ2n) is 6.68. The number of nitrogens with one attached hydrogen (secondary N) is 1. The number of pyridine rings is 1. The highest BCUT2D eigenvalue weighted by Gasteiger charge is 2.43. The molecule has 0 radical (unpaired) electrons. The number of para-hydroxylation sites is 1. The molecule has 3 rings (SSSR count). The molecule has 5 heteroatoms. The molecule has 5 nitrogen and oxygen atoms in total. The summed E-state index contributed by atoms with van der Waals surface area (Å²) in [5.41, 5.74) is 1.47. The van der Waals surface area contributed by atoms with Gasteiger partial charge in [-0.05, 0) is 45.0 Å². The first kappa shape index (κ1) is 17.3. The van der Waals surface area contributed by atoms with Crippen LogP contribution in [0.3, 0.4) is 0 Å². The average Bonchev–Trinajstić information content (AvgIpc) is 3.28. The van der Waals surface area contributed by atoms with Gasteiger partial charge in [-0.25, -0.2) is 4.98 Å². The first-order valence-electron chi connectivity index (χ1n) is 8.15. The van der Waals surface area contributed by atoms with Crippen molar-refractivity contribution in [2.45, 2.75) is 38.9 Å². The van der Waals surface area contributed by atoms with Gasteiger partial charge in [-0.3, -0.25) is 0 Å². The fraction of sp³-hybridized carbons (Fsp3) is 0.350. The van der Waals surface area contributed by atoms with Crippen LogP contribution < -0.4 is 10.1 Å². The van der Waals surface area contributed by atoms with Crippen molar-refractivity contribution in [1.82, 2.24) is 4.98 Å². The van der Waals surface area contributed by atoms with Crippen molar-refractivity contribution in [3.63, 3.8) is 0 Å². The highest BCUT2D eigenvalue weighted by molar-refractivity contribution is 5.51. The highest BCUT2D eigenvalue weighted by atomic mass is 16.8. The van der Waals surface area contributed by atoms with E-state index in [-0.39, 0.29) is 18.1 Å². The summed E-state index contributed by atoms with van der Waals surface area (Å²) in [6, 6.07) is 11.4. The number of anilines is 1. The van der Waals surface area contributed by atoms with Gasteiger partial charge in [0.25, 0.3) is 0 Å². The predicted octanol–water partition coefficient (Wildman–Crippen LogP) is 3.40. The molecule has 0 bridgehead atoms. The Morgan fingerprint density at radius 1 is 1.16 bits per heavy atom. The minimum absolute atomic E-state index is 0.177. The van der Waals surface area contributed by atoms with Gasteiger partial charge in [0, 0.05) is 11.8 Å². The lowest BCUT2D eigenvalue weighted by Gasteiger charge is -2.17. The first-order valence-corrected chi connectivity index (χ1v) is 8.15. The number of hydrogen-bond acceptors (Lipinski definition) is 5. The molecule has 1 aromatic carbocycles. The minimum atomic E-state index is -0.245. The van der Waals surface area contributed by atoms with Crippen LogP contribution in [0.25, 0.3) is 0 Å². The van der Waals surface area contributed by atoms with Gasteiger partial charge in [0.15, 0.2) is 6.23 Å². The van der Waals surface area contributed by atoms with E-state index in [9.17, 15) is 0 Å². The molecule has 0 saturated carbocycles. The maximum atomic E-state index is 5.74. The highest BCUT2D eigenvalue weighted by Crippen LogP contribution is 2.28. The Morgan fingerprint density at radius 3 is 2.72 bits per heavy atom. The molecule has 0 aliphatic carbocycles. The number of rotatable bonds is 4. The Bertz CT molecular complexity index is 802. The van der Waals surface area contributed by atoms with Crippen LogP contribution in [0.4, 0.5) is 5.82 Å². The Hall–Kier alpha value is -2.55. The van der Waals surface area contributed by atoms with Crippen molar-refractivity contribution >= 4 is 5.82 Å². The number of benzene rings is 1. The van der Waals surface area contributed by atoms with Gasteiger partial charge in [-0.15, -0.1) is 0 Å². The van der Waals surface area contributed by atoms with Crippen LogP contribution in [-0.4, -0.2) is 30.2 Å². The van der Waals surface area contributed by atoms with Gasteiger partial charge in [0.2, 0.25) is 6.29 Å². The van der Waals surface area contributed by atoms with Crippen LogP contribution in [0.2, 0.25) is 0 Å². The molecule has 2 heterocycles. The third-order valence-electron chi connectivity index (χ3n) is 3.42. The van der Waals surface area contributed by atoms with Crippen molar-refractivity contribution in [2.75, 3.05) is 12.4 Å². The molecule has 1 aromatic heterocycles. The van der Waals surface area contributed by atoms with Crippen molar-refractivity contribution in [1.29, 1.82) is 0 Å². The van der Waals surface area contributed by atoms with Gasteiger partial charge in [0.1, 0.15) is 11.6 Å². The molecule has 1 aliphatic rings. The lowest BCUT2D eigenvalue weighted by atomic mass is 10.2. The second kappa shape index (κ2) is 7.14. The Balaban J connectivity index is 1.66. The molecule has 2 atom stereocenters. The summed E-state index contributed by atoms with van der Waals surface area (Å²) in [5, 5.41) is 3.20. The summed E-state index contributed by atoms with van der Waals surface area (Å²) in [4.78, 5) is 4.30. The van der Waals surface area contributed by atoms with Gasteiger partial charge in [-0.2, -0.15) is 0 Å². The molecule has 25 heavy (non-hydrogen) atoms. The summed E-state index contributed by atoms with van der Waals surface area (Å²) in [5.74, 6) is 7.73. The van der Waals surface area contributed by atoms with Crippen molar-refractivity contribution in [3.05, 3.63) is 53.7 Å². The van der Waals surface area contributed by atoms with Crippen LogP contribution in [0.5, 0.6) is 5.75 Å².